The van der Waals surface area contributed by atoms with Gasteiger partial charge < -0.3 is 5.32 Å². The quantitative estimate of drug-likeness (QED) is 0.874. The van der Waals surface area contributed by atoms with E-state index in [-0.39, 0.29) is 5.69 Å². The fraction of sp³-hybridized carbons (Fsp3) is 0.286. The summed E-state index contributed by atoms with van der Waals surface area (Å²) in [6, 6.07) is 4.11. The fourth-order valence-corrected chi connectivity index (χ4v) is 2.14. The number of anilines is 1. The average Bonchev–Trinajstić information content (AvgIpc) is 2.77. The Morgan fingerprint density at radius 1 is 1.36 bits per heavy atom. The number of carbonyl (C=O) groups excluding carboxylic acids is 1. The highest BCUT2D eigenvalue weighted by atomic mass is 79.9. The minimum absolute atomic E-state index is 0.269. The maximum absolute atomic E-state index is 12.9. The van der Waals surface area contributed by atoms with Crippen LogP contribution in [-0.4, -0.2) is 15.7 Å². The average molecular weight is 376 g/mol. The van der Waals surface area contributed by atoms with Gasteiger partial charge in [0.15, 0.2) is 0 Å². The molecule has 1 heterocycles. The number of nitrogens with zero attached hydrogens (tertiary/aromatic N) is 2. The highest BCUT2D eigenvalue weighted by molar-refractivity contribution is 9.10. The fourth-order valence-electron chi connectivity index (χ4n) is 1.85. The minimum atomic E-state index is -4.53. The van der Waals surface area contributed by atoms with Crippen molar-refractivity contribution < 1.29 is 18.0 Å². The summed E-state index contributed by atoms with van der Waals surface area (Å²) < 4.78 is 40.8. The number of aromatic nitrogens is 2. The smallest absolute Gasteiger partial charge is 0.324 e. The molecule has 1 unspecified atom stereocenters. The van der Waals surface area contributed by atoms with Crippen LogP contribution in [0.2, 0.25) is 0 Å². The van der Waals surface area contributed by atoms with Gasteiger partial charge in [-0.1, -0.05) is 12.1 Å². The summed E-state index contributed by atoms with van der Waals surface area (Å²) in [5.41, 5.74) is -0.460. The molecule has 1 amide bonds. The van der Waals surface area contributed by atoms with Crippen LogP contribution in [0.1, 0.15) is 24.2 Å². The molecule has 0 spiro atoms. The van der Waals surface area contributed by atoms with Crippen LogP contribution in [-0.2, 0) is 11.0 Å². The van der Waals surface area contributed by atoms with E-state index in [9.17, 15) is 18.0 Å². The Hall–Kier alpha value is -1.83. The maximum Gasteiger partial charge on any atom is 0.418 e. The van der Waals surface area contributed by atoms with E-state index in [4.69, 9.17) is 0 Å². The monoisotopic (exact) mass is 375 g/mol. The van der Waals surface area contributed by atoms with Crippen LogP contribution in [0.4, 0.5) is 18.9 Å². The van der Waals surface area contributed by atoms with Crippen molar-refractivity contribution in [1.82, 2.24) is 9.78 Å². The first kappa shape index (κ1) is 16.5. The number of amides is 1. The highest BCUT2D eigenvalue weighted by Crippen LogP contribution is 2.34. The number of carbonyl (C=O) groups is 1. The van der Waals surface area contributed by atoms with Crippen LogP contribution in [0, 0.1) is 6.92 Å². The number of alkyl halides is 3. The molecule has 1 aromatic carbocycles. The van der Waals surface area contributed by atoms with Crippen molar-refractivity contribution in [2.45, 2.75) is 26.1 Å². The molecule has 1 N–H and O–H groups in total. The van der Waals surface area contributed by atoms with Crippen molar-refractivity contribution >= 4 is 27.5 Å². The molecule has 0 radical (unpaired) electrons. The van der Waals surface area contributed by atoms with Crippen molar-refractivity contribution in [1.29, 1.82) is 0 Å². The third-order valence-corrected chi connectivity index (χ3v) is 3.90. The van der Waals surface area contributed by atoms with Crippen LogP contribution >= 0.6 is 15.9 Å². The molecule has 0 aliphatic rings. The molecule has 1 aromatic heterocycles. The van der Waals surface area contributed by atoms with Gasteiger partial charge >= 0.3 is 6.18 Å². The Labute approximate surface area is 133 Å². The topological polar surface area (TPSA) is 46.9 Å². The molecule has 1 atom stereocenters. The first-order valence-corrected chi connectivity index (χ1v) is 7.18. The Kier molecular flexibility index (Phi) is 4.60. The number of hydrogen-bond donors (Lipinski definition) is 1. The Morgan fingerprint density at radius 3 is 2.55 bits per heavy atom. The first-order chi connectivity index (χ1) is 10.2. The van der Waals surface area contributed by atoms with Crippen LogP contribution < -0.4 is 5.32 Å². The first-order valence-electron chi connectivity index (χ1n) is 6.38. The third-order valence-electron chi connectivity index (χ3n) is 3.12. The Bertz CT molecular complexity index is 677. The van der Waals surface area contributed by atoms with Gasteiger partial charge in [-0.15, -0.1) is 0 Å². The lowest BCUT2D eigenvalue weighted by Gasteiger charge is -2.16. The predicted molar refractivity (Wildman–Crippen MR) is 79.4 cm³/mol. The zero-order valence-electron chi connectivity index (χ0n) is 11.8. The zero-order chi connectivity index (χ0) is 16.5. The largest absolute Gasteiger partial charge is 0.418 e. The van der Waals surface area contributed by atoms with Crippen LogP contribution in [0.5, 0.6) is 0 Å². The lowest BCUT2D eigenvalue weighted by Crippen LogP contribution is -2.25. The summed E-state index contributed by atoms with van der Waals surface area (Å²) in [5.74, 6) is -0.577. The van der Waals surface area contributed by atoms with Crippen LogP contribution in [0.25, 0.3) is 0 Å². The molecule has 22 heavy (non-hydrogen) atoms. The van der Waals surface area contributed by atoms with E-state index < -0.39 is 23.7 Å². The Balaban J connectivity index is 2.22. The van der Waals surface area contributed by atoms with Gasteiger partial charge in [-0.2, -0.15) is 18.3 Å². The minimum Gasteiger partial charge on any atom is -0.324 e. The number of halogens is 4. The van der Waals surface area contributed by atoms with Gasteiger partial charge in [0.25, 0.3) is 0 Å². The number of para-hydroxylation sites is 1. The van der Waals surface area contributed by atoms with Gasteiger partial charge in [0.1, 0.15) is 6.04 Å². The third kappa shape index (κ3) is 3.49. The predicted octanol–water partition coefficient (Wildman–Crippen LogP) is 4.17. The Morgan fingerprint density at radius 2 is 2.00 bits per heavy atom. The van der Waals surface area contributed by atoms with Crippen molar-refractivity contribution in [3.05, 3.63) is 46.2 Å². The van der Waals surface area contributed by atoms with E-state index in [1.54, 1.807) is 20.0 Å². The molecular formula is C14H13BrF3N3O. The van der Waals surface area contributed by atoms with Crippen molar-refractivity contribution in [3.63, 3.8) is 0 Å². The summed E-state index contributed by atoms with van der Waals surface area (Å²) in [6.45, 7) is 3.31. The van der Waals surface area contributed by atoms with E-state index in [1.165, 1.54) is 22.9 Å². The molecule has 2 aromatic rings. The molecule has 4 nitrogen and oxygen atoms in total. The lowest BCUT2D eigenvalue weighted by molar-refractivity contribution is -0.137. The van der Waals surface area contributed by atoms with Crippen LogP contribution in [0.15, 0.2) is 34.9 Å². The van der Waals surface area contributed by atoms with E-state index in [2.05, 4.69) is 26.3 Å². The van der Waals surface area contributed by atoms with Crippen molar-refractivity contribution in [2.24, 2.45) is 0 Å². The molecule has 0 aliphatic heterocycles. The standard InChI is InChI=1S/C14H13BrF3N3O/c1-8-11(15)7-21(20-8)9(2)13(22)19-12-6-4-3-5-10(12)14(16,17)18/h3-7,9H,1-2H3,(H,19,22). The van der Waals surface area contributed by atoms with E-state index >= 15 is 0 Å². The van der Waals surface area contributed by atoms with Crippen molar-refractivity contribution in [2.75, 3.05) is 5.32 Å². The molecule has 0 saturated carbocycles. The number of rotatable bonds is 3. The van der Waals surface area contributed by atoms with Gasteiger partial charge in [0.05, 0.1) is 21.4 Å². The number of benzene rings is 1. The summed E-state index contributed by atoms with van der Waals surface area (Å²) in [4.78, 5) is 12.2. The zero-order valence-corrected chi connectivity index (χ0v) is 13.4. The summed E-state index contributed by atoms with van der Waals surface area (Å²) in [7, 11) is 0. The molecule has 8 heteroatoms. The number of nitrogens with one attached hydrogen (secondary N) is 1. The van der Waals surface area contributed by atoms with E-state index in [1.807, 2.05) is 0 Å². The molecule has 0 bridgehead atoms. The normalized spacial score (nSPS) is 13.0. The summed E-state index contributed by atoms with van der Waals surface area (Å²) in [5, 5.41) is 6.44. The molecule has 0 fully saturated rings. The lowest BCUT2D eigenvalue weighted by atomic mass is 10.1. The van der Waals surface area contributed by atoms with Gasteiger partial charge in [0, 0.05) is 6.20 Å². The van der Waals surface area contributed by atoms with Gasteiger partial charge in [-0.3, -0.25) is 9.48 Å². The summed E-state index contributed by atoms with van der Waals surface area (Å²) in [6.07, 6.45) is -2.92. The van der Waals surface area contributed by atoms with Crippen LogP contribution in [0.3, 0.4) is 0 Å². The van der Waals surface area contributed by atoms with Crippen molar-refractivity contribution in [3.8, 4) is 0 Å². The van der Waals surface area contributed by atoms with E-state index in [0.29, 0.717) is 5.69 Å². The second-order valence-corrected chi connectivity index (χ2v) is 5.61. The number of aryl methyl sites for hydroxylation is 1. The molecule has 0 saturated heterocycles. The molecule has 2 rings (SSSR count). The summed E-state index contributed by atoms with van der Waals surface area (Å²) >= 11 is 3.27. The van der Waals surface area contributed by atoms with Gasteiger partial charge in [0.2, 0.25) is 5.91 Å². The molecule has 0 aliphatic carbocycles. The van der Waals surface area contributed by atoms with E-state index in [0.717, 1.165) is 10.5 Å². The van der Waals surface area contributed by atoms with Gasteiger partial charge in [-0.25, -0.2) is 0 Å². The SMILES string of the molecule is Cc1nn(C(C)C(=O)Nc2ccccc2C(F)(F)F)cc1Br. The number of hydrogen-bond acceptors (Lipinski definition) is 2. The maximum atomic E-state index is 12.9. The van der Waals surface area contributed by atoms with Gasteiger partial charge in [-0.05, 0) is 41.9 Å². The highest BCUT2D eigenvalue weighted by Gasteiger charge is 2.34. The molecular weight excluding hydrogens is 363 g/mol. The second-order valence-electron chi connectivity index (χ2n) is 4.75. The molecule has 118 valence electrons. The second kappa shape index (κ2) is 6.12.